The third-order valence-corrected chi connectivity index (χ3v) is 4.37. The number of aliphatic hydroxyl groups is 1. The average Bonchev–Trinajstić information content (AvgIpc) is 2.78. The van der Waals surface area contributed by atoms with Gasteiger partial charge in [0.1, 0.15) is 0 Å². The van der Waals surface area contributed by atoms with Crippen LogP contribution in [0.25, 0.3) is 0 Å². The first-order valence-corrected chi connectivity index (χ1v) is 5.45. The van der Waals surface area contributed by atoms with Gasteiger partial charge in [0.05, 0.1) is 5.60 Å². The van der Waals surface area contributed by atoms with Crippen molar-refractivity contribution >= 4 is 0 Å². The summed E-state index contributed by atoms with van der Waals surface area (Å²) in [5.41, 5.74) is 5.46. The van der Waals surface area contributed by atoms with Crippen LogP contribution in [0.2, 0.25) is 0 Å². The van der Waals surface area contributed by atoms with E-state index >= 15 is 0 Å². The third-order valence-electron chi connectivity index (χ3n) is 4.37. The molecule has 0 heterocycles. The second-order valence-corrected chi connectivity index (χ2v) is 5.43. The molecule has 0 aromatic rings. The van der Waals surface area contributed by atoms with Crippen molar-refractivity contribution in [3.8, 4) is 0 Å². The maximum Gasteiger partial charge on any atom is 0.0721 e. The molecule has 0 atom stereocenters. The van der Waals surface area contributed by atoms with E-state index in [1.54, 1.807) is 0 Å². The molecule has 0 spiro atoms. The van der Waals surface area contributed by atoms with Gasteiger partial charge in [-0.3, -0.25) is 0 Å². The van der Waals surface area contributed by atoms with Crippen LogP contribution in [0.15, 0.2) is 0 Å². The third kappa shape index (κ3) is 1.23. The maximum atomic E-state index is 10.3. The Morgan fingerprint density at radius 3 is 2.23 bits per heavy atom. The molecular weight excluding hydrogens is 162 g/mol. The van der Waals surface area contributed by atoms with E-state index in [2.05, 4.69) is 13.8 Å². The molecule has 2 aliphatic rings. The molecule has 2 aliphatic carbocycles. The SMILES string of the molecule is CC(C)C1CC(O)(C2(CN)CC2)C1. The second kappa shape index (κ2) is 2.71. The monoisotopic (exact) mass is 183 g/mol. The first kappa shape index (κ1) is 9.47. The predicted molar refractivity (Wildman–Crippen MR) is 53.2 cm³/mol. The zero-order valence-electron chi connectivity index (χ0n) is 8.71. The van der Waals surface area contributed by atoms with Crippen LogP contribution in [0, 0.1) is 17.3 Å². The van der Waals surface area contributed by atoms with Crippen molar-refractivity contribution in [3.05, 3.63) is 0 Å². The zero-order valence-corrected chi connectivity index (χ0v) is 8.71. The van der Waals surface area contributed by atoms with Crippen LogP contribution in [0.1, 0.15) is 39.5 Å². The fraction of sp³-hybridized carbons (Fsp3) is 1.00. The first-order chi connectivity index (χ1) is 6.03. The van der Waals surface area contributed by atoms with E-state index in [1.165, 1.54) is 0 Å². The van der Waals surface area contributed by atoms with Crippen LogP contribution in [-0.4, -0.2) is 17.3 Å². The van der Waals surface area contributed by atoms with Gasteiger partial charge >= 0.3 is 0 Å². The molecule has 0 saturated heterocycles. The van der Waals surface area contributed by atoms with E-state index in [1.807, 2.05) is 0 Å². The van der Waals surface area contributed by atoms with Gasteiger partial charge in [-0.05, 0) is 37.5 Å². The number of nitrogens with two attached hydrogens (primary N) is 1. The molecule has 0 unspecified atom stereocenters. The highest BCUT2D eigenvalue weighted by atomic mass is 16.3. The van der Waals surface area contributed by atoms with Crippen molar-refractivity contribution in [1.82, 2.24) is 0 Å². The summed E-state index contributed by atoms with van der Waals surface area (Å²) in [7, 11) is 0. The Balaban J connectivity index is 1.96. The van der Waals surface area contributed by atoms with Crippen molar-refractivity contribution in [2.75, 3.05) is 6.54 Å². The van der Waals surface area contributed by atoms with Crippen LogP contribution in [0.5, 0.6) is 0 Å². The second-order valence-electron chi connectivity index (χ2n) is 5.43. The molecule has 2 heteroatoms. The fourth-order valence-electron chi connectivity index (χ4n) is 2.72. The van der Waals surface area contributed by atoms with Gasteiger partial charge in [-0.1, -0.05) is 13.8 Å². The van der Waals surface area contributed by atoms with E-state index in [-0.39, 0.29) is 5.41 Å². The number of hydrogen-bond donors (Lipinski definition) is 2. The smallest absolute Gasteiger partial charge is 0.0721 e. The molecular formula is C11H21NO. The van der Waals surface area contributed by atoms with Crippen LogP contribution < -0.4 is 5.73 Å². The van der Waals surface area contributed by atoms with Crippen molar-refractivity contribution < 1.29 is 5.11 Å². The Bertz CT molecular complexity index is 202. The van der Waals surface area contributed by atoms with E-state index in [4.69, 9.17) is 5.73 Å². The Morgan fingerprint density at radius 2 is 1.92 bits per heavy atom. The molecule has 0 aromatic heterocycles. The van der Waals surface area contributed by atoms with Crippen molar-refractivity contribution in [2.24, 2.45) is 23.0 Å². The Labute approximate surface area is 80.5 Å². The average molecular weight is 183 g/mol. The minimum atomic E-state index is -0.392. The molecule has 2 fully saturated rings. The van der Waals surface area contributed by atoms with Crippen LogP contribution in [0.4, 0.5) is 0 Å². The maximum absolute atomic E-state index is 10.3. The molecule has 3 N–H and O–H groups in total. The summed E-state index contributed by atoms with van der Waals surface area (Å²) in [6, 6.07) is 0. The van der Waals surface area contributed by atoms with Crippen molar-refractivity contribution in [1.29, 1.82) is 0 Å². The molecule has 0 bridgehead atoms. The molecule has 76 valence electrons. The topological polar surface area (TPSA) is 46.2 Å². The zero-order chi connectivity index (χ0) is 9.69. The summed E-state index contributed by atoms with van der Waals surface area (Å²) in [4.78, 5) is 0. The molecule has 0 amide bonds. The van der Waals surface area contributed by atoms with E-state index in [0.717, 1.165) is 31.6 Å². The lowest BCUT2D eigenvalue weighted by atomic mass is 9.59. The van der Waals surface area contributed by atoms with Gasteiger partial charge in [0.2, 0.25) is 0 Å². The normalized spacial score (nSPS) is 41.8. The molecule has 2 rings (SSSR count). The lowest BCUT2D eigenvalue weighted by molar-refractivity contribution is -0.137. The highest BCUT2D eigenvalue weighted by Crippen LogP contribution is 2.62. The molecule has 2 saturated carbocycles. The Hall–Kier alpha value is -0.0800. The standard InChI is InChI=1S/C11H21NO/c1-8(2)9-5-11(13,6-9)10(7-12)3-4-10/h8-9,13H,3-7,12H2,1-2H3. The van der Waals surface area contributed by atoms with Crippen LogP contribution in [-0.2, 0) is 0 Å². The van der Waals surface area contributed by atoms with Gasteiger partial charge in [-0.15, -0.1) is 0 Å². The fourth-order valence-corrected chi connectivity index (χ4v) is 2.72. The van der Waals surface area contributed by atoms with Crippen molar-refractivity contribution in [3.63, 3.8) is 0 Å². The Morgan fingerprint density at radius 1 is 1.38 bits per heavy atom. The minimum absolute atomic E-state index is 0.123. The highest BCUT2D eigenvalue weighted by molar-refractivity contribution is 5.14. The summed E-state index contributed by atoms with van der Waals surface area (Å²) in [5, 5.41) is 10.3. The number of hydrogen-bond acceptors (Lipinski definition) is 2. The summed E-state index contributed by atoms with van der Waals surface area (Å²) >= 11 is 0. The van der Waals surface area contributed by atoms with Gasteiger partial charge in [-0.25, -0.2) is 0 Å². The highest BCUT2D eigenvalue weighted by Gasteiger charge is 2.62. The molecule has 0 radical (unpaired) electrons. The Kier molecular flexibility index (Phi) is 1.97. The first-order valence-electron chi connectivity index (χ1n) is 5.45. The van der Waals surface area contributed by atoms with Crippen LogP contribution in [0.3, 0.4) is 0 Å². The molecule has 0 aliphatic heterocycles. The van der Waals surface area contributed by atoms with E-state index < -0.39 is 5.60 Å². The predicted octanol–water partition coefficient (Wildman–Crippen LogP) is 1.52. The lowest BCUT2D eigenvalue weighted by Crippen LogP contribution is -2.54. The van der Waals surface area contributed by atoms with Gasteiger partial charge in [-0.2, -0.15) is 0 Å². The molecule has 2 nitrogen and oxygen atoms in total. The van der Waals surface area contributed by atoms with Gasteiger partial charge in [0.25, 0.3) is 0 Å². The minimum Gasteiger partial charge on any atom is -0.389 e. The summed E-state index contributed by atoms with van der Waals surface area (Å²) in [5.74, 6) is 1.45. The van der Waals surface area contributed by atoms with E-state index in [0.29, 0.717) is 12.5 Å². The largest absolute Gasteiger partial charge is 0.389 e. The van der Waals surface area contributed by atoms with Gasteiger partial charge in [0, 0.05) is 12.0 Å². The number of rotatable bonds is 3. The van der Waals surface area contributed by atoms with Crippen LogP contribution >= 0.6 is 0 Å². The molecule has 13 heavy (non-hydrogen) atoms. The van der Waals surface area contributed by atoms with Gasteiger partial charge in [0.15, 0.2) is 0 Å². The van der Waals surface area contributed by atoms with Gasteiger partial charge < -0.3 is 10.8 Å². The quantitative estimate of drug-likeness (QED) is 0.697. The molecule has 0 aromatic carbocycles. The lowest BCUT2D eigenvalue weighted by Gasteiger charge is -2.50. The van der Waals surface area contributed by atoms with E-state index in [9.17, 15) is 5.11 Å². The van der Waals surface area contributed by atoms with Crippen molar-refractivity contribution in [2.45, 2.75) is 45.1 Å². The summed E-state index contributed by atoms with van der Waals surface area (Å²) < 4.78 is 0. The summed E-state index contributed by atoms with van der Waals surface area (Å²) in [6.07, 6.45) is 4.26. The summed E-state index contributed by atoms with van der Waals surface area (Å²) in [6.45, 7) is 5.16.